The van der Waals surface area contributed by atoms with Crippen LogP contribution in [-0.2, 0) is 13.6 Å². The highest BCUT2D eigenvalue weighted by Gasteiger charge is 2.02. The first kappa shape index (κ1) is 9.26. The molecule has 0 saturated heterocycles. The van der Waals surface area contributed by atoms with Crippen LogP contribution < -0.4 is 5.32 Å². The Morgan fingerprint density at radius 1 is 1.58 bits per heavy atom. The molecule has 0 saturated carbocycles. The van der Waals surface area contributed by atoms with Gasteiger partial charge in [-0.2, -0.15) is 0 Å². The van der Waals surface area contributed by atoms with Gasteiger partial charge >= 0.3 is 0 Å². The molecule has 0 aromatic carbocycles. The van der Waals surface area contributed by atoms with Crippen LogP contribution in [0.15, 0.2) is 6.20 Å². The van der Waals surface area contributed by atoms with Gasteiger partial charge in [-0.15, -0.1) is 0 Å². The summed E-state index contributed by atoms with van der Waals surface area (Å²) in [6.45, 7) is 7.18. The van der Waals surface area contributed by atoms with Crippen LogP contribution >= 0.6 is 0 Å². The predicted molar refractivity (Wildman–Crippen MR) is 49.9 cm³/mol. The van der Waals surface area contributed by atoms with Gasteiger partial charge in [0.05, 0.1) is 6.54 Å². The van der Waals surface area contributed by atoms with Crippen molar-refractivity contribution >= 4 is 0 Å². The maximum atomic E-state index is 4.29. The van der Waals surface area contributed by atoms with Crippen LogP contribution in [0.1, 0.15) is 25.4 Å². The van der Waals surface area contributed by atoms with E-state index in [4.69, 9.17) is 0 Å². The minimum atomic E-state index is 0.516. The van der Waals surface area contributed by atoms with Crippen LogP contribution in [0.5, 0.6) is 0 Å². The molecule has 0 fully saturated rings. The fraction of sp³-hybridized carbons (Fsp3) is 0.667. The molecule has 1 N–H and O–H groups in total. The maximum absolute atomic E-state index is 4.29. The fourth-order valence-corrected chi connectivity index (χ4v) is 1.00. The van der Waals surface area contributed by atoms with Crippen molar-refractivity contribution in [3.63, 3.8) is 0 Å². The molecular formula is C9H17N3. The molecule has 0 atom stereocenters. The minimum absolute atomic E-state index is 0.516. The van der Waals surface area contributed by atoms with E-state index in [1.54, 1.807) is 0 Å². The zero-order valence-corrected chi connectivity index (χ0v) is 8.26. The highest BCUT2D eigenvalue weighted by molar-refractivity contribution is 5.02. The number of aromatic nitrogens is 2. The molecule has 0 aliphatic carbocycles. The molecule has 0 spiro atoms. The first-order chi connectivity index (χ1) is 5.61. The van der Waals surface area contributed by atoms with Gasteiger partial charge in [-0.1, -0.05) is 13.8 Å². The van der Waals surface area contributed by atoms with Crippen LogP contribution in [0.4, 0.5) is 0 Å². The predicted octanol–water partition coefficient (Wildman–Crippen LogP) is 1.23. The van der Waals surface area contributed by atoms with Crippen LogP contribution in [0, 0.1) is 6.92 Å². The smallest absolute Gasteiger partial charge is 0.122 e. The van der Waals surface area contributed by atoms with Gasteiger partial charge in [0.25, 0.3) is 0 Å². The number of hydrogen-bond acceptors (Lipinski definition) is 2. The van der Waals surface area contributed by atoms with Crippen LogP contribution in [0.25, 0.3) is 0 Å². The first-order valence-corrected chi connectivity index (χ1v) is 4.32. The van der Waals surface area contributed by atoms with Crippen molar-refractivity contribution in [1.29, 1.82) is 0 Å². The summed E-state index contributed by atoms with van der Waals surface area (Å²) in [7, 11) is 2.04. The Hall–Kier alpha value is -0.830. The monoisotopic (exact) mass is 167 g/mol. The molecule has 0 unspecified atom stereocenters. The largest absolute Gasteiger partial charge is 0.334 e. The number of aryl methyl sites for hydroxylation is 1. The third kappa shape index (κ3) is 2.08. The van der Waals surface area contributed by atoms with Crippen molar-refractivity contribution in [2.75, 3.05) is 0 Å². The third-order valence-corrected chi connectivity index (χ3v) is 1.99. The average molecular weight is 167 g/mol. The molecule has 0 aliphatic heterocycles. The zero-order valence-electron chi connectivity index (χ0n) is 8.26. The van der Waals surface area contributed by atoms with E-state index in [1.165, 1.54) is 5.69 Å². The first-order valence-electron chi connectivity index (χ1n) is 4.32. The molecule has 3 nitrogen and oxygen atoms in total. The normalized spacial score (nSPS) is 11.1. The second-order valence-corrected chi connectivity index (χ2v) is 3.41. The molecule has 68 valence electrons. The second-order valence-electron chi connectivity index (χ2n) is 3.41. The molecule has 1 heterocycles. The molecule has 0 amide bonds. The van der Waals surface area contributed by atoms with Crippen molar-refractivity contribution in [3.8, 4) is 0 Å². The van der Waals surface area contributed by atoms with E-state index >= 15 is 0 Å². The summed E-state index contributed by atoms with van der Waals surface area (Å²) in [5.41, 5.74) is 1.20. The minimum Gasteiger partial charge on any atom is -0.334 e. The van der Waals surface area contributed by atoms with Crippen molar-refractivity contribution < 1.29 is 0 Å². The fourth-order valence-electron chi connectivity index (χ4n) is 1.00. The van der Waals surface area contributed by atoms with Gasteiger partial charge < -0.3 is 9.88 Å². The summed E-state index contributed by atoms with van der Waals surface area (Å²) in [6.07, 6.45) is 1.90. The van der Waals surface area contributed by atoms with Gasteiger partial charge in [0.1, 0.15) is 5.82 Å². The second kappa shape index (κ2) is 3.72. The number of nitrogens with one attached hydrogen (secondary N) is 1. The van der Waals surface area contributed by atoms with Crippen LogP contribution in [0.2, 0.25) is 0 Å². The Morgan fingerprint density at radius 3 is 2.67 bits per heavy atom. The van der Waals surface area contributed by atoms with Gasteiger partial charge in [-0.25, -0.2) is 4.98 Å². The van der Waals surface area contributed by atoms with E-state index in [2.05, 4.69) is 35.6 Å². The molecule has 0 aliphatic rings. The molecule has 1 aromatic heterocycles. The molecule has 1 aromatic rings. The van der Waals surface area contributed by atoms with Gasteiger partial charge in [-0.05, 0) is 6.92 Å². The number of hydrogen-bond donors (Lipinski definition) is 1. The van der Waals surface area contributed by atoms with Crippen molar-refractivity contribution in [2.24, 2.45) is 7.05 Å². The van der Waals surface area contributed by atoms with Gasteiger partial charge in [0, 0.05) is 25.0 Å². The molecule has 0 radical (unpaired) electrons. The lowest BCUT2D eigenvalue weighted by Crippen LogP contribution is -2.23. The average Bonchev–Trinajstić information content (AvgIpc) is 2.30. The van der Waals surface area contributed by atoms with Crippen molar-refractivity contribution in [1.82, 2.24) is 14.9 Å². The Labute approximate surface area is 73.8 Å². The Balaban J connectivity index is 2.58. The summed E-state index contributed by atoms with van der Waals surface area (Å²) in [5.74, 6) is 1.10. The summed E-state index contributed by atoms with van der Waals surface area (Å²) in [4.78, 5) is 4.29. The van der Waals surface area contributed by atoms with E-state index < -0.39 is 0 Å². The van der Waals surface area contributed by atoms with E-state index in [1.807, 2.05) is 13.2 Å². The third-order valence-electron chi connectivity index (χ3n) is 1.99. The van der Waals surface area contributed by atoms with E-state index in [9.17, 15) is 0 Å². The summed E-state index contributed by atoms with van der Waals surface area (Å²) in [5, 5.41) is 3.33. The topological polar surface area (TPSA) is 29.9 Å². The molecule has 1 rings (SSSR count). The molecular weight excluding hydrogens is 150 g/mol. The quantitative estimate of drug-likeness (QED) is 0.733. The van der Waals surface area contributed by atoms with E-state index in [0.717, 1.165) is 12.4 Å². The van der Waals surface area contributed by atoms with Crippen molar-refractivity contribution in [3.05, 3.63) is 17.7 Å². The van der Waals surface area contributed by atoms with Gasteiger partial charge in [0.2, 0.25) is 0 Å². The van der Waals surface area contributed by atoms with Gasteiger partial charge in [-0.3, -0.25) is 0 Å². The van der Waals surface area contributed by atoms with Crippen molar-refractivity contribution in [2.45, 2.75) is 33.4 Å². The van der Waals surface area contributed by atoms with Crippen LogP contribution in [0.3, 0.4) is 0 Å². The number of rotatable bonds is 3. The lowest BCUT2D eigenvalue weighted by molar-refractivity contribution is 0.560. The number of nitrogens with zero attached hydrogens (tertiary/aromatic N) is 2. The van der Waals surface area contributed by atoms with E-state index in [0.29, 0.717) is 6.04 Å². The standard InChI is InChI=1S/C9H17N3/c1-7(2)10-6-9-11-5-8(3)12(9)4/h5,7,10H,6H2,1-4H3. The molecule has 12 heavy (non-hydrogen) atoms. The SMILES string of the molecule is Cc1cnc(CNC(C)C)n1C. The highest BCUT2D eigenvalue weighted by atomic mass is 15.1. The van der Waals surface area contributed by atoms with E-state index in [-0.39, 0.29) is 0 Å². The van der Waals surface area contributed by atoms with Gasteiger partial charge in [0.15, 0.2) is 0 Å². The molecule has 3 heteroatoms. The Bertz CT molecular complexity index is 250. The Morgan fingerprint density at radius 2 is 2.25 bits per heavy atom. The summed E-state index contributed by atoms with van der Waals surface area (Å²) in [6, 6.07) is 0.516. The lowest BCUT2D eigenvalue weighted by atomic mass is 10.4. The Kier molecular flexibility index (Phi) is 2.87. The summed E-state index contributed by atoms with van der Waals surface area (Å²) >= 11 is 0. The lowest BCUT2D eigenvalue weighted by Gasteiger charge is -2.07. The zero-order chi connectivity index (χ0) is 9.14. The molecule has 0 bridgehead atoms. The highest BCUT2D eigenvalue weighted by Crippen LogP contribution is 2.00. The number of imidazole rings is 1. The maximum Gasteiger partial charge on any atom is 0.122 e. The summed E-state index contributed by atoms with van der Waals surface area (Å²) < 4.78 is 2.11. The van der Waals surface area contributed by atoms with Crippen LogP contribution in [-0.4, -0.2) is 15.6 Å².